The normalized spacial score (nSPS) is 15.5. The number of hydrogen-bond acceptors (Lipinski definition) is 3. The fraction of sp³-hybridized carbons (Fsp3) is 0.259. The van der Waals surface area contributed by atoms with Crippen molar-refractivity contribution in [3.8, 4) is 11.1 Å². The highest BCUT2D eigenvalue weighted by molar-refractivity contribution is 6.36. The van der Waals surface area contributed by atoms with E-state index in [4.69, 9.17) is 23.2 Å². The van der Waals surface area contributed by atoms with Crippen LogP contribution in [-0.2, 0) is 0 Å². The molecule has 1 saturated heterocycles. The zero-order chi connectivity index (χ0) is 24.7. The van der Waals surface area contributed by atoms with Crippen molar-refractivity contribution in [3.05, 3.63) is 87.4 Å². The molecule has 5 rings (SSSR count). The number of amides is 1. The first-order valence-corrected chi connectivity index (χ1v) is 12.3. The largest absolute Gasteiger partial charge is 0.346 e. The van der Waals surface area contributed by atoms with Crippen molar-refractivity contribution in [2.75, 3.05) is 33.2 Å². The maximum Gasteiger partial charge on any atom is 0.253 e. The summed E-state index contributed by atoms with van der Waals surface area (Å²) < 4.78 is 14.1. The minimum atomic E-state index is -0.497. The van der Waals surface area contributed by atoms with Gasteiger partial charge in [-0.25, -0.2) is 9.37 Å². The average Bonchev–Trinajstić information content (AvgIpc) is 3.30. The van der Waals surface area contributed by atoms with Crippen molar-refractivity contribution in [3.63, 3.8) is 0 Å². The summed E-state index contributed by atoms with van der Waals surface area (Å²) >= 11 is 12.7. The standard InChI is InChI=1S/C27H25Cl2FN4O/c1-16(24-22(28)7-8-23(30)25(24)29)21-15-32-26-20(21)13-19(14-31-26)17-3-5-18(6-4-17)27(35)34-11-9-33(2)10-12-34/h3-8,13-16H,9-12H2,1-2H3,(H,31,32). The molecule has 2 aromatic heterocycles. The van der Waals surface area contributed by atoms with Crippen molar-refractivity contribution in [1.29, 1.82) is 0 Å². The molecule has 2 aromatic carbocycles. The van der Waals surface area contributed by atoms with Crippen LogP contribution in [0, 0.1) is 5.82 Å². The summed E-state index contributed by atoms with van der Waals surface area (Å²) in [5.74, 6) is -0.688. The van der Waals surface area contributed by atoms with Gasteiger partial charge < -0.3 is 14.8 Å². The molecule has 1 atom stereocenters. The lowest BCUT2D eigenvalue weighted by molar-refractivity contribution is 0.0664. The highest BCUT2D eigenvalue weighted by atomic mass is 35.5. The van der Waals surface area contributed by atoms with E-state index in [0.29, 0.717) is 16.1 Å². The summed E-state index contributed by atoms with van der Waals surface area (Å²) in [6.45, 7) is 5.20. The van der Waals surface area contributed by atoms with Crippen LogP contribution in [0.25, 0.3) is 22.2 Å². The van der Waals surface area contributed by atoms with Crippen LogP contribution in [0.2, 0.25) is 10.0 Å². The molecule has 0 radical (unpaired) electrons. The fourth-order valence-electron chi connectivity index (χ4n) is 4.63. The number of aromatic nitrogens is 2. The van der Waals surface area contributed by atoms with Crippen molar-refractivity contribution < 1.29 is 9.18 Å². The lowest BCUT2D eigenvalue weighted by atomic mass is 9.92. The lowest BCUT2D eigenvalue weighted by Gasteiger charge is -2.32. The van der Waals surface area contributed by atoms with Gasteiger partial charge in [0.25, 0.3) is 5.91 Å². The minimum absolute atomic E-state index is 0.0315. The summed E-state index contributed by atoms with van der Waals surface area (Å²) in [5.41, 5.74) is 4.74. The van der Waals surface area contributed by atoms with Gasteiger partial charge in [0.15, 0.2) is 0 Å². The Kier molecular flexibility index (Phi) is 6.53. The van der Waals surface area contributed by atoms with E-state index in [1.165, 1.54) is 12.1 Å². The van der Waals surface area contributed by atoms with Crippen LogP contribution >= 0.6 is 23.2 Å². The predicted octanol–water partition coefficient (Wildman–Crippen LogP) is 6.22. The number of halogens is 3. The Morgan fingerprint density at radius 3 is 2.49 bits per heavy atom. The monoisotopic (exact) mass is 510 g/mol. The highest BCUT2D eigenvalue weighted by Crippen LogP contribution is 2.39. The van der Waals surface area contributed by atoms with Crippen LogP contribution < -0.4 is 0 Å². The molecular weight excluding hydrogens is 486 g/mol. The maximum atomic E-state index is 14.1. The van der Waals surface area contributed by atoms with Gasteiger partial charge in [0, 0.05) is 66.0 Å². The number of nitrogens with one attached hydrogen (secondary N) is 1. The number of carbonyl (C=O) groups is 1. The molecule has 0 bridgehead atoms. The number of fused-ring (bicyclic) bond motifs is 1. The smallest absolute Gasteiger partial charge is 0.253 e. The summed E-state index contributed by atoms with van der Waals surface area (Å²) in [6.07, 6.45) is 3.66. The topological polar surface area (TPSA) is 52.2 Å². The van der Waals surface area contributed by atoms with Gasteiger partial charge in [0.2, 0.25) is 0 Å². The van der Waals surface area contributed by atoms with E-state index in [1.54, 1.807) is 6.20 Å². The quantitative estimate of drug-likeness (QED) is 0.331. The molecule has 0 spiro atoms. The Bertz CT molecular complexity index is 1390. The Labute approximate surface area is 213 Å². The number of pyridine rings is 1. The molecule has 1 N–H and O–H groups in total. The first kappa shape index (κ1) is 23.8. The first-order chi connectivity index (χ1) is 16.8. The number of benzene rings is 2. The molecule has 8 heteroatoms. The van der Waals surface area contributed by atoms with Gasteiger partial charge >= 0.3 is 0 Å². The summed E-state index contributed by atoms with van der Waals surface area (Å²) in [4.78, 5) is 24.8. The molecule has 4 aromatic rings. The van der Waals surface area contributed by atoms with E-state index in [-0.39, 0.29) is 16.8 Å². The van der Waals surface area contributed by atoms with Gasteiger partial charge in [-0.15, -0.1) is 0 Å². The number of piperazine rings is 1. The molecule has 1 amide bonds. The molecule has 5 nitrogen and oxygen atoms in total. The van der Waals surface area contributed by atoms with Crippen molar-refractivity contribution in [2.24, 2.45) is 0 Å². The van der Waals surface area contributed by atoms with Crippen molar-refractivity contribution >= 4 is 40.1 Å². The third-order valence-corrected chi connectivity index (χ3v) is 7.51. The van der Waals surface area contributed by atoms with E-state index < -0.39 is 5.82 Å². The van der Waals surface area contributed by atoms with Crippen molar-refractivity contribution in [2.45, 2.75) is 12.8 Å². The van der Waals surface area contributed by atoms with Crippen LogP contribution in [0.15, 0.2) is 54.9 Å². The molecule has 1 aliphatic heterocycles. The molecule has 35 heavy (non-hydrogen) atoms. The number of likely N-dealkylation sites (N-methyl/N-ethyl adjacent to an activating group) is 1. The average molecular weight is 511 g/mol. The van der Waals surface area contributed by atoms with Gasteiger partial charge in [-0.3, -0.25) is 4.79 Å². The van der Waals surface area contributed by atoms with E-state index in [0.717, 1.165) is 53.9 Å². The number of rotatable bonds is 4. The maximum absolute atomic E-state index is 14.1. The second-order valence-corrected chi connectivity index (χ2v) is 9.80. The van der Waals surface area contributed by atoms with Gasteiger partial charge in [-0.2, -0.15) is 0 Å². The van der Waals surface area contributed by atoms with E-state index in [2.05, 4.69) is 21.9 Å². The third kappa shape index (κ3) is 4.54. The Morgan fingerprint density at radius 1 is 1.06 bits per heavy atom. The molecule has 1 aliphatic rings. The molecule has 0 aliphatic carbocycles. The van der Waals surface area contributed by atoms with Gasteiger partial charge in [0.05, 0.1) is 5.02 Å². The summed E-state index contributed by atoms with van der Waals surface area (Å²) in [6, 6.07) is 12.5. The summed E-state index contributed by atoms with van der Waals surface area (Å²) in [7, 11) is 2.07. The van der Waals surface area contributed by atoms with Crippen LogP contribution in [0.1, 0.15) is 34.3 Å². The molecule has 0 saturated carbocycles. The predicted molar refractivity (Wildman–Crippen MR) is 139 cm³/mol. The van der Waals surface area contributed by atoms with Crippen LogP contribution in [0.4, 0.5) is 4.39 Å². The zero-order valence-electron chi connectivity index (χ0n) is 19.5. The van der Waals surface area contributed by atoms with Crippen LogP contribution in [0.5, 0.6) is 0 Å². The number of H-pyrrole nitrogens is 1. The van der Waals surface area contributed by atoms with Gasteiger partial charge in [-0.05, 0) is 54.1 Å². The third-order valence-electron chi connectivity index (χ3n) is 6.80. The minimum Gasteiger partial charge on any atom is -0.346 e. The second kappa shape index (κ2) is 9.61. The number of carbonyl (C=O) groups excluding carboxylic acids is 1. The second-order valence-electron chi connectivity index (χ2n) is 9.02. The highest BCUT2D eigenvalue weighted by Gasteiger charge is 2.22. The molecule has 1 fully saturated rings. The van der Waals surface area contributed by atoms with E-state index in [9.17, 15) is 9.18 Å². The van der Waals surface area contributed by atoms with Gasteiger partial charge in [0.1, 0.15) is 11.5 Å². The lowest BCUT2D eigenvalue weighted by Crippen LogP contribution is -2.47. The van der Waals surface area contributed by atoms with Crippen LogP contribution in [-0.4, -0.2) is 58.9 Å². The zero-order valence-corrected chi connectivity index (χ0v) is 21.0. The van der Waals surface area contributed by atoms with Crippen molar-refractivity contribution in [1.82, 2.24) is 19.8 Å². The van der Waals surface area contributed by atoms with Gasteiger partial charge in [-0.1, -0.05) is 42.3 Å². The SMILES string of the molecule is CC(c1c(Cl)ccc(F)c1Cl)c1c[nH]c2ncc(-c3ccc(C(=O)N4CCN(C)CC4)cc3)cc12. The Balaban J connectivity index is 1.44. The van der Waals surface area contributed by atoms with Crippen LogP contribution in [0.3, 0.4) is 0 Å². The first-order valence-electron chi connectivity index (χ1n) is 11.5. The molecule has 180 valence electrons. The summed E-state index contributed by atoms with van der Waals surface area (Å²) in [5, 5.41) is 1.36. The molecular formula is C27H25Cl2FN4O. The molecule has 1 unspecified atom stereocenters. The fourth-order valence-corrected chi connectivity index (χ4v) is 5.33. The Hall–Kier alpha value is -2.93. The number of aromatic amines is 1. The van der Waals surface area contributed by atoms with E-state index >= 15 is 0 Å². The Morgan fingerprint density at radius 2 is 1.77 bits per heavy atom. The van der Waals surface area contributed by atoms with E-state index in [1.807, 2.05) is 48.4 Å². The number of nitrogens with zero attached hydrogens (tertiary/aromatic N) is 3. The molecule has 3 heterocycles. The number of hydrogen-bond donors (Lipinski definition) is 1.